The van der Waals surface area contributed by atoms with Crippen LogP contribution in [-0.4, -0.2) is 43.4 Å². The molecule has 0 aliphatic carbocycles. The quantitative estimate of drug-likeness (QED) is 0.613. The van der Waals surface area contributed by atoms with Crippen molar-refractivity contribution in [3.05, 3.63) is 22.2 Å². The second kappa shape index (κ2) is 5.40. The fourth-order valence-corrected chi connectivity index (χ4v) is 2.84. The first-order valence-electron chi connectivity index (χ1n) is 7.03. The largest absolute Gasteiger partial charge is 0.486 e. The summed E-state index contributed by atoms with van der Waals surface area (Å²) < 4.78 is 16.6. The van der Waals surface area contributed by atoms with Gasteiger partial charge in [0, 0.05) is 19.2 Å². The highest BCUT2D eigenvalue weighted by atomic mass is 16.6. The van der Waals surface area contributed by atoms with Gasteiger partial charge >= 0.3 is 0 Å². The van der Waals surface area contributed by atoms with E-state index in [-0.39, 0.29) is 22.8 Å². The van der Waals surface area contributed by atoms with Gasteiger partial charge in [0.05, 0.1) is 23.2 Å². The molecule has 0 spiro atoms. The van der Waals surface area contributed by atoms with Crippen LogP contribution in [0, 0.1) is 10.1 Å². The Balaban J connectivity index is 2.01. The van der Waals surface area contributed by atoms with Crippen LogP contribution in [0.5, 0.6) is 11.5 Å². The summed E-state index contributed by atoms with van der Waals surface area (Å²) >= 11 is 0. The second-order valence-electron chi connectivity index (χ2n) is 5.40. The van der Waals surface area contributed by atoms with Gasteiger partial charge in [0.25, 0.3) is 5.69 Å². The summed E-state index contributed by atoms with van der Waals surface area (Å²) in [4.78, 5) is 13.0. The Hall–Kier alpha value is -2.02. The van der Waals surface area contributed by atoms with Gasteiger partial charge in [-0.25, -0.2) is 0 Å². The van der Waals surface area contributed by atoms with Crippen molar-refractivity contribution in [2.75, 3.05) is 31.2 Å². The van der Waals surface area contributed by atoms with Gasteiger partial charge in [-0.15, -0.1) is 0 Å². The molecule has 1 aromatic carbocycles. The lowest BCUT2D eigenvalue weighted by atomic mass is 10.1. The van der Waals surface area contributed by atoms with E-state index in [0.29, 0.717) is 43.5 Å². The first-order valence-corrected chi connectivity index (χ1v) is 7.03. The van der Waals surface area contributed by atoms with Gasteiger partial charge in [-0.3, -0.25) is 10.1 Å². The Bertz CT molecular complexity index is 553. The van der Waals surface area contributed by atoms with Crippen LogP contribution in [0.4, 0.5) is 11.4 Å². The van der Waals surface area contributed by atoms with E-state index in [9.17, 15) is 10.1 Å². The molecule has 0 N–H and O–H groups in total. The van der Waals surface area contributed by atoms with Crippen molar-refractivity contribution < 1.29 is 19.1 Å². The molecule has 2 atom stereocenters. The number of nitro benzene ring substituents is 1. The molecule has 7 nitrogen and oxygen atoms in total. The molecule has 2 aliphatic heterocycles. The number of nitrogens with zero attached hydrogens (tertiary/aromatic N) is 2. The molecule has 2 unspecified atom stereocenters. The average Bonchev–Trinajstić information content (AvgIpc) is 2.44. The molecule has 114 valence electrons. The van der Waals surface area contributed by atoms with Crippen LogP contribution in [0.25, 0.3) is 0 Å². The SMILES string of the molecule is CC1CN(c2cc3c(cc2[N+](=O)[O-])OCCO3)CC(C)O1. The molecular formula is C14H18N2O5. The van der Waals surface area contributed by atoms with E-state index in [4.69, 9.17) is 14.2 Å². The van der Waals surface area contributed by atoms with Crippen LogP contribution in [0.1, 0.15) is 13.8 Å². The standard InChI is InChI=1S/C14H18N2O5/c1-9-7-15(8-10(2)21-9)11-5-13-14(20-4-3-19-13)6-12(11)16(17)18/h5-6,9-10H,3-4,7-8H2,1-2H3. The van der Waals surface area contributed by atoms with Gasteiger partial charge in [-0.1, -0.05) is 0 Å². The van der Waals surface area contributed by atoms with Gasteiger partial charge in [0.15, 0.2) is 11.5 Å². The van der Waals surface area contributed by atoms with E-state index in [2.05, 4.69) is 0 Å². The first-order chi connectivity index (χ1) is 10.0. The van der Waals surface area contributed by atoms with Crippen LogP contribution >= 0.6 is 0 Å². The Morgan fingerprint density at radius 1 is 1.14 bits per heavy atom. The molecule has 0 aromatic heterocycles. The molecule has 2 aliphatic rings. The van der Waals surface area contributed by atoms with Crippen molar-refractivity contribution in [3.63, 3.8) is 0 Å². The molecule has 0 saturated carbocycles. The smallest absolute Gasteiger partial charge is 0.296 e. The van der Waals surface area contributed by atoms with E-state index in [1.165, 1.54) is 6.07 Å². The second-order valence-corrected chi connectivity index (χ2v) is 5.40. The maximum Gasteiger partial charge on any atom is 0.296 e. The lowest BCUT2D eigenvalue weighted by Crippen LogP contribution is -2.45. The van der Waals surface area contributed by atoms with Crippen LogP contribution in [0.3, 0.4) is 0 Å². The third-order valence-electron chi connectivity index (χ3n) is 3.60. The number of rotatable bonds is 2. The number of hydrogen-bond acceptors (Lipinski definition) is 6. The molecule has 0 bridgehead atoms. The molecule has 1 saturated heterocycles. The average molecular weight is 294 g/mol. The topological polar surface area (TPSA) is 74.1 Å². The zero-order valence-corrected chi connectivity index (χ0v) is 12.1. The molecule has 1 fully saturated rings. The number of fused-ring (bicyclic) bond motifs is 1. The zero-order valence-electron chi connectivity index (χ0n) is 12.1. The van der Waals surface area contributed by atoms with Gasteiger partial charge in [-0.05, 0) is 13.8 Å². The molecule has 0 radical (unpaired) electrons. The Labute approximate surface area is 122 Å². The molecular weight excluding hydrogens is 276 g/mol. The molecule has 0 amide bonds. The zero-order chi connectivity index (χ0) is 15.0. The Morgan fingerprint density at radius 2 is 1.71 bits per heavy atom. The van der Waals surface area contributed by atoms with E-state index in [0.717, 1.165) is 0 Å². The summed E-state index contributed by atoms with van der Waals surface area (Å²) in [5.74, 6) is 1.000. The third kappa shape index (κ3) is 2.73. The highest BCUT2D eigenvalue weighted by Gasteiger charge is 2.30. The molecule has 3 rings (SSSR count). The number of hydrogen-bond donors (Lipinski definition) is 0. The van der Waals surface area contributed by atoms with Crippen LogP contribution in [0.2, 0.25) is 0 Å². The van der Waals surface area contributed by atoms with E-state index >= 15 is 0 Å². The lowest BCUT2D eigenvalue weighted by Gasteiger charge is -2.36. The van der Waals surface area contributed by atoms with Gasteiger partial charge in [-0.2, -0.15) is 0 Å². The summed E-state index contributed by atoms with van der Waals surface area (Å²) in [5.41, 5.74) is 0.604. The summed E-state index contributed by atoms with van der Waals surface area (Å²) in [5, 5.41) is 11.4. The van der Waals surface area contributed by atoms with Crippen LogP contribution < -0.4 is 14.4 Å². The highest BCUT2D eigenvalue weighted by molar-refractivity contribution is 5.70. The summed E-state index contributed by atoms with van der Waals surface area (Å²) in [6, 6.07) is 3.16. The molecule has 21 heavy (non-hydrogen) atoms. The molecule has 1 aromatic rings. The van der Waals surface area contributed by atoms with Crippen molar-refractivity contribution in [2.24, 2.45) is 0 Å². The minimum absolute atomic E-state index is 0.0292. The number of morpholine rings is 1. The number of nitro groups is 1. The monoisotopic (exact) mass is 294 g/mol. The minimum Gasteiger partial charge on any atom is -0.486 e. The lowest BCUT2D eigenvalue weighted by molar-refractivity contribution is -0.384. The maximum absolute atomic E-state index is 11.4. The highest BCUT2D eigenvalue weighted by Crippen LogP contribution is 2.41. The third-order valence-corrected chi connectivity index (χ3v) is 3.60. The Kier molecular flexibility index (Phi) is 3.59. The van der Waals surface area contributed by atoms with Crippen molar-refractivity contribution in [3.8, 4) is 11.5 Å². The normalized spacial score (nSPS) is 24.8. The van der Waals surface area contributed by atoms with Gasteiger partial charge < -0.3 is 19.1 Å². The van der Waals surface area contributed by atoms with Crippen molar-refractivity contribution >= 4 is 11.4 Å². The van der Waals surface area contributed by atoms with Crippen LogP contribution in [-0.2, 0) is 4.74 Å². The van der Waals surface area contributed by atoms with Crippen molar-refractivity contribution in [1.29, 1.82) is 0 Å². The fraction of sp³-hybridized carbons (Fsp3) is 0.571. The van der Waals surface area contributed by atoms with Crippen molar-refractivity contribution in [1.82, 2.24) is 0 Å². The maximum atomic E-state index is 11.4. The first kappa shape index (κ1) is 13.9. The van der Waals surface area contributed by atoms with Crippen LogP contribution in [0.15, 0.2) is 12.1 Å². The predicted octanol–water partition coefficient (Wildman–Crippen LogP) is 1.98. The van der Waals surface area contributed by atoms with Crippen molar-refractivity contribution in [2.45, 2.75) is 26.1 Å². The number of ether oxygens (including phenoxy) is 3. The van der Waals surface area contributed by atoms with E-state index < -0.39 is 0 Å². The summed E-state index contributed by atoms with van der Waals surface area (Å²) in [7, 11) is 0. The van der Waals surface area contributed by atoms with Gasteiger partial charge in [0.2, 0.25) is 0 Å². The Morgan fingerprint density at radius 3 is 2.29 bits per heavy atom. The van der Waals surface area contributed by atoms with E-state index in [1.54, 1.807) is 6.07 Å². The summed E-state index contributed by atoms with van der Waals surface area (Å²) in [6.07, 6.45) is 0.0584. The number of anilines is 1. The molecule has 7 heteroatoms. The fourth-order valence-electron chi connectivity index (χ4n) is 2.84. The molecule has 2 heterocycles. The van der Waals surface area contributed by atoms with E-state index in [1.807, 2.05) is 18.7 Å². The number of benzene rings is 1. The van der Waals surface area contributed by atoms with Gasteiger partial charge in [0.1, 0.15) is 18.9 Å². The predicted molar refractivity (Wildman–Crippen MR) is 76.3 cm³/mol. The summed E-state index contributed by atoms with van der Waals surface area (Å²) in [6.45, 7) is 6.03. The minimum atomic E-state index is -0.377.